The summed E-state index contributed by atoms with van der Waals surface area (Å²) < 4.78 is 6.16. The maximum absolute atomic E-state index is 11.2. The van der Waals surface area contributed by atoms with Crippen molar-refractivity contribution in [2.45, 2.75) is 11.8 Å². The monoisotopic (exact) mass is 563 g/mol. The summed E-state index contributed by atoms with van der Waals surface area (Å²) in [6.45, 7) is 0. The first kappa shape index (κ1) is 25.8. The van der Waals surface area contributed by atoms with Gasteiger partial charge in [0.15, 0.2) is 0 Å². The van der Waals surface area contributed by atoms with Gasteiger partial charge in [-0.15, -0.1) is 6.42 Å². The number of terminal acetylenes is 1. The van der Waals surface area contributed by atoms with Crippen molar-refractivity contribution in [1.29, 1.82) is 0 Å². The molecule has 0 saturated carbocycles. The molecule has 0 bridgehead atoms. The van der Waals surface area contributed by atoms with E-state index in [1.165, 1.54) is 0 Å². The van der Waals surface area contributed by atoms with E-state index in [1.54, 1.807) is 12.1 Å². The first-order valence-electron chi connectivity index (χ1n) is 13.8. The maximum Gasteiger partial charge on any atom is 0.137 e. The highest BCUT2D eigenvalue weighted by Crippen LogP contribution is 2.58. The van der Waals surface area contributed by atoms with E-state index in [-0.39, 0.29) is 5.75 Å². The van der Waals surface area contributed by atoms with Gasteiger partial charge in [-0.25, -0.2) is 0 Å². The fourth-order valence-corrected chi connectivity index (χ4v) is 6.61. The number of rotatable bonds is 6. The van der Waals surface area contributed by atoms with E-state index in [9.17, 15) is 5.11 Å². The third kappa shape index (κ3) is 4.00. The van der Waals surface area contributed by atoms with Gasteiger partial charge in [-0.2, -0.15) is 0 Å². The molecule has 7 rings (SSSR count). The lowest BCUT2D eigenvalue weighted by Gasteiger charge is -2.32. The van der Waals surface area contributed by atoms with Crippen LogP contribution in [0.15, 0.2) is 132 Å². The summed E-state index contributed by atoms with van der Waals surface area (Å²) in [5, 5.41) is 17.5. The van der Waals surface area contributed by atoms with Gasteiger partial charge in [0.25, 0.3) is 0 Å². The Morgan fingerprint density at radius 1 is 0.786 bits per heavy atom. The molecule has 5 aromatic carbocycles. The van der Waals surface area contributed by atoms with Crippen LogP contribution in [0, 0.1) is 12.3 Å². The molecule has 1 heterocycles. The predicted molar refractivity (Wildman–Crippen MR) is 174 cm³/mol. The van der Waals surface area contributed by atoms with Crippen LogP contribution in [0.1, 0.15) is 23.1 Å². The lowest BCUT2D eigenvalue weighted by atomic mass is 9.69. The number of nitrogens with one attached hydrogen (secondary N) is 1. The molecular weight excluding hydrogens is 538 g/mol. The molecule has 1 aromatic heterocycles. The molecule has 1 atom stereocenters. The number of allylic oxidation sites excluding steroid dienone is 4. The normalized spacial score (nSPS) is 15.8. The zero-order chi connectivity index (χ0) is 28.7. The van der Waals surface area contributed by atoms with Crippen molar-refractivity contribution in [3.05, 3.63) is 149 Å². The molecule has 1 aliphatic carbocycles. The number of hydrogen-bond donors (Lipinski definition) is 2. The predicted octanol–water partition coefficient (Wildman–Crippen LogP) is 10.1. The van der Waals surface area contributed by atoms with E-state index in [1.807, 2.05) is 66.7 Å². The number of aromatic hydroxyl groups is 1. The number of benzene rings is 5. The van der Waals surface area contributed by atoms with Crippen LogP contribution in [0.3, 0.4) is 0 Å². The molecular formula is C38H26ClNO2. The van der Waals surface area contributed by atoms with E-state index in [2.05, 4.69) is 59.8 Å². The van der Waals surface area contributed by atoms with Gasteiger partial charge in [-0.3, -0.25) is 0 Å². The lowest BCUT2D eigenvalue weighted by Crippen LogP contribution is -2.26. The minimum atomic E-state index is -0.623. The molecule has 42 heavy (non-hydrogen) atoms. The van der Waals surface area contributed by atoms with Crippen molar-refractivity contribution >= 4 is 44.9 Å². The Bertz CT molecular complexity index is 2090. The largest absolute Gasteiger partial charge is 0.508 e. The van der Waals surface area contributed by atoms with Gasteiger partial charge in [0.2, 0.25) is 0 Å². The van der Waals surface area contributed by atoms with Crippen molar-refractivity contribution < 1.29 is 9.52 Å². The number of fused-ring (bicyclic) bond motifs is 6. The molecule has 1 aliphatic rings. The minimum absolute atomic E-state index is 0.254. The Morgan fingerprint density at radius 2 is 1.55 bits per heavy atom. The minimum Gasteiger partial charge on any atom is -0.508 e. The Hall–Kier alpha value is -5.17. The molecule has 2 N–H and O–H groups in total. The quantitative estimate of drug-likeness (QED) is 0.156. The Balaban J connectivity index is 1.42. The van der Waals surface area contributed by atoms with Crippen LogP contribution in [0.25, 0.3) is 33.1 Å². The molecule has 0 saturated heterocycles. The highest BCUT2D eigenvalue weighted by atomic mass is 35.5. The molecule has 0 spiro atoms. The van der Waals surface area contributed by atoms with Crippen LogP contribution in [0.4, 0.5) is 11.4 Å². The van der Waals surface area contributed by atoms with Crippen molar-refractivity contribution in [3.8, 4) is 29.2 Å². The van der Waals surface area contributed by atoms with Gasteiger partial charge in [0, 0.05) is 33.7 Å². The van der Waals surface area contributed by atoms with E-state index in [4.69, 9.17) is 22.4 Å². The molecule has 0 radical (unpaired) electrons. The summed E-state index contributed by atoms with van der Waals surface area (Å²) in [6.07, 6.45) is 13.6. The highest BCUT2D eigenvalue weighted by molar-refractivity contribution is 6.34. The number of phenols is 1. The van der Waals surface area contributed by atoms with Crippen LogP contribution in [-0.2, 0) is 5.41 Å². The third-order valence-corrected chi connectivity index (χ3v) is 8.46. The number of anilines is 2. The van der Waals surface area contributed by atoms with E-state index >= 15 is 0 Å². The summed E-state index contributed by atoms with van der Waals surface area (Å²) in [4.78, 5) is 0. The van der Waals surface area contributed by atoms with Gasteiger partial charge >= 0.3 is 0 Å². The molecule has 0 amide bonds. The second-order valence-corrected chi connectivity index (χ2v) is 10.8. The average Bonchev–Trinajstić information content (AvgIpc) is 3.51. The van der Waals surface area contributed by atoms with Gasteiger partial charge in [-0.1, -0.05) is 109 Å². The number of halogens is 1. The van der Waals surface area contributed by atoms with Crippen molar-refractivity contribution in [2.75, 3.05) is 5.32 Å². The summed E-state index contributed by atoms with van der Waals surface area (Å²) in [7, 11) is 0. The molecule has 1 unspecified atom stereocenters. The van der Waals surface area contributed by atoms with Crippen LogP contribution < -0.4 is 5.32 Å². The second-order valence-electron chi connectivity index (χ2n) is 10.4. The van der Waals surface area contributed by atoms with Crippen LogP contribution in [0.2, 0.25) is 5.02 Å². The smallest absolute Gasteiger partial charge is 0.137 e. The van der Waals surface area contributed by atoms with E-state index in [0.717, 1.165) is 61.1 Å². The van der Waals surface area contributed by atoms with Crippen molar-refractivity contribution in [3.63, 3.8) is 0 Å². The molecule has 0 fully saturated rings. The van der Waals surface area contributed by atoms with E-state index in [0.29, 0.717) is 11.4 Å². The molecule has 0 aliphatic heterocycles. The number of para-hydroxylation sites is 2. The molecule has 3 nitrogen and oxygen atoms in total. The number of phenolic OH excluding ortho intramolecular Hbond substituents is 1. The number of furan rings is 1. The molecule has 6 aromatic rings. The van der Waals surface area contributed by atoms with Gasteiger partial charge in [-0.05, 0) is 53.5 Å². The molecule has 202 valence electrons. The van der Waals surface area contributed by atoms with Crippen molar-refractivity contribution in [1.82, 2.24) is 0 Å². The first-order chi connectivity index (χ1) is 20.6. The zero-order valence-corrected chi connectivity index (χ0v) is 23.4. The Morgan fingerprint density at radius 3 is 2.40 bits per heavy atom. The maximum atomic E-state index is 11.2. The van der Waals surface area contributed by atoms with Crippen LogP contribution in [0.5, 0.6) is 5.75 Å². The van der Waals surface area contributed by atoms with Crippen LogP contribution >= 0.6 is 11.6 Å². The summed E-state index contributed by atoms with van der Waals surface area (Å²) in [5.74, 6) is 2.79. The van der Waals surface area contributed by atoms with Gasteiger partial charge in [0.05, 0.1) is 16.1 Å². The summed E-state index contributed by atoms with van der Waals surface area (Å²) >= 11 is 6.88. The molecule has 4 heteroatoms. The average molecular weight is 564 g/mol. The fourth-order valence-electron chi connectivity index (χ4n) is 6.40. The number of hydrogen-bond acceptors (Lipinski definition) is 3. The van der Waals surface area contributed by atoms with Gasteiger partial charge < -0.3 is 14.8 Å². The lowest BCUT2D eigenvalue weighted by molar-refractivity contribution is 0.454. The second kappa shape index (κ2) is 10.3. The first-order valence-corrected chi connectivity index (χ1v) is 14.2. The van der Waals surface area contributed by atoms with Crippen molar-refractivity contribution in [2.24, 2.45) is 0 Å². The third-order valence-electron chi connectivity index (χ3n) is 8.14. The summed E-state index contributed by atoms with van der Waals surface area (Å²) in [5.41, 5.74) is 7.90. The summed E-state index contributed by atoms with van der Waals surface area (Å²) in [6, 6.07) is 34.2. The van der Waals surface area contributed by atoms with Crippen LogP contribution in [-0.4, -0.2) is 5.11 Å². The zero-order valence-electron chi connectivity index (χ0n) is 22.6. The fraction of sp³-hybridized carbons (Fsp3) is 0.0526. The Kier molecular flexibility index (Phi) is 6.35. The highest BCUT2D eigenvalue weighted by Gasteiger charge is 2.46. The topological polar surface area (TPSA) is 45.4 Å². The Labute approximate surface area is 249 Å². The van der Waals surface area contributed by atoms with E-state index < -0.39 is 5.41 Å². The van der Waals surface area contributed by atoms with Gasteiger partial charge in [0.1, 0.15) is 16.9 Å². The SMILES string of the molecule is C#C/C=C\C=C/CC1(c2ccccc2O)c2ccccc2-c2c(Nc3cc4oc5ccccc5c4cc3Cl)cccc21. The standard InChI is InChI=1S/C38H26ClNO2/c1-2-3-4-5-12-22-38(29-17-9-10-20-34(29)41)28-16-8-6-15-26(28)37-30(38)18-13-19-32(37)40-33-24-36-27(23-31(33)39)25-14-7-11-21-35(25)42-36/h1,3-21,23-24,40-41H,22H2/b4-3-,12-5-.